The topological polar surface area (TPSA) is 92.2 Å². The number of halogens is 3. The van der Waals surface area contributed by atoms with E-state index in [1.807, 2.05) is 0 Å². The number of aromatic nitrogens is 1. The molecule has 0 radical (unpaired) electrons. The first-order valence-corrected chi connectivity index (χ1v) is 10.4. The van der Waals surface area contributed by atoms with Gasteiger partial charge < -0.3 is 10.6 Å². The molecule has 0 saturated carbocycles. The van der Waals surface area contributed by atoms with E-state index in [9.17, 15) is 23.2 Å². The highest BCUT2D eigenvalue weighted by atomic mass is 79.9. The largest absolute Gasteiger partial charge is 0.328 e. The van der Waals surface area contributed by atoms with Crippen LogP contribution in [0.2, 0.25) is 0 Å². The van der Waals surface area contributed by atoms with Crippen molar-refractivity contribution in [3.8, 4) is 0 Å². The molecule has 0 aliphatic heterocycles. The monoisotopic (exact) mass is 512 g/mol. The maximum absolute atomic E-state index is 13.8. The van der Waals surface area contributed by atoms with Crippen LogP contribution in [0.5, 0.6) is 0 Å². The lowest BCUT2D eigenvalue weighted by Gasteiger charge is -2.13. The number of amides is 3. The first-order valence-electron chi connectivity index (χ1n) is 9.56. The number of carbonyl (C=O) groups is 3. The van der Waals surface area contributed by atoms with Crippen molar-refractivity contribution in [3.63, 3.8) is 0 Å². The third-order valence-electron chi connectivity index (χ3n) is 4.63. The number of para-hydroxylation sites is 1. The molecule has 33 heavy (non-hydrogen) atoms. The molecule has 0 atom stereocenters. The van der Waals surface area contributed by atoms with Crippen LogP contribution in [0.15, 0.2) is 77.3 Å². The van der Waals surface area contributed by atoms with Crippen LogP contribution in [0.1, 0.15) is 10.5 Å². The van der Waals surface area contributed by atoms with E-state index in [0.717, 1.165) is 16.6 Å². The van der Waals surface area contributed by atoms with Crippen LogP contribution in [-0.4, -0.2) is 22.4 Å². The van der Waals surface area contributed by atoms with Crippen LogP contribution in [0.25, 0.3) is 10.9 Å². The Morgan fingerprint density at radius 3 is 2.30 bits per heavy atom. The number of hydrogen-bond donors (Lipinski definition) is 3. The number of benzene rings is 3. The predicted octanol–water partition coefficient (Wildman–Crippen LogP) is 4.64. The van der Waals surface area contributed by atoms with Crippen LogP contribution >= 0.6 is 15.9 Å². The van der Waals surface area contributed by atoms with Crippen molar-refractivity contribution in [3.05, 3.63) is 94.6 Å². The molecule has 7 nitrogen and oxygen atoms in total. The van der Waals surface area contributed by atoms with Gasteiger partial charge in [0.05, 0.1) is 11.2 Å². The summed E-state index contributed by atoms with van der Waals surface area (Å²) >= 11 is 3.36. The summed E-state index contributed by atoms with van der Waals surface area (Å²) in [6, 6.07) is 17.9. The predicted molar refractivity (Wildman–Crippen MR) is 123 cm³/mol. The molecular formula is C23H15BrF2N4O3. The number of nitrogens with one attached hydrogen (secondary N) is 3. The lowest BCUT2D eigenvalue weighted by atomic mass is 10.2. The first-order chi connectivity index (χ1) is 15.8. The minimum atomic E-state index is -1.20. The van der Waals surface area contributed by atoms with Crippen LogP contribution in [0.4, 0.5) is 20.2 Å². The van der Waals surface area contributed by atoms with Crippen LogP contribution < -0.4 is 16.1 Å². The molecule has 0 aliphatic carbocycles. The molecule has 4 aromatic rings. The highest BCUT2D eigenvalue weighted by Gasteiger charge is 2.22. The van der Waals surface area contributed by atoms with E-state index in [0.29, 0.717) is 22.7 Å². The van der Waals surface area contributed by atoms with E-state index in [4.69, 9.17) is 0 Å². The SMILES string of the molecule is O=C(Nc1ccc(F)cc1F)C(=O)Nn1c(C(=O)Nc2ccccc2)cc2cc(Br)ccc21. The molecule has 4 rings (SSSR count). The van der Waals surface area contributed by atoms with Gasteiger partial charge in [0.15, 0.2) is 0 Å². The second kappa shape index (κ2) is 9.21. The Labute approximate surface area is 194 Å². The zero-order valence-corrected chi connectivity index (χ0v) is 18.3. The van der Waals surface area contributed by atoms with Crippen molar-refractivity contribution in [2.75, 3.05) is 16.1 Å². The van der Waals surface area contributed by atoms with Crippen LogP contribution in [0, 0.1) is 11.6 Å². The maximum atomic E-state index is 13.8. The van der Waals surface area contributed by atoms with E-state index in [1.165, 1.54) is 4.68 Å². The first kappa shape index (κ1) is 22.2. The van der Waals surface area contributed by atoms with Gasteiger partial charge >= 0.3 is 11.8 Å². The van der Waals surface area contributed by atoms with Crippen molar-refractivity contribution < 1.29 is 23.2 Å². The fourth-order valence-electron chi connectivity index (χ4n) is 3.11. The van der Waals surface area contributed by atoms with Crippen molar-refractivity contribution in [1.29, 1.82) is 0 Å². The van der Waals surface area contributed by atoms with Gasteiger partial charge in [0, 0.05) is 21.6 Å². The fourth-order valence-corrected chi connectivity index (χ4v) is 3.49. The highest BCUT2D eigenvalue weighted by molar-refractivity contribution is 9.10. The molecule has 0 fully saturated rings. The Balaban J connectivity index is 1.62. The summed E-state index contributed by atoms with van der Waals surface area (Å²) in [6.45, 7) is 0. The normalized spacial score (nSPS) is 10.6. The second-order valence-corrected chi connectivity index (χ2v) is 7.82. The Bertz CT molecular complexity index is 1390. The number of anilines is 2. The maximum Gasteiger partial charge on any atom is 0.328 e. The number of rotatable bonds is 4. The summed E-state index contributed by atoms with van der Waals surface area (Å²) < 4.78 is 28.8. The zero-order valence-electron chi connectivity index (χ0n) is 16.7. The van der Waals surface area contributed by atoms with E-state index in [-0.39, 0.29) is 11.4 Å². The second-order valence-electron chi connectivity index (χ2n) is 6.91. The lowest BCUT2D eigenvalue weighted by Crippen LogP contribution is -2.36. The molecule has 3 N–H and O–H groups in total. The molecular weight excluding hydrogens is 498 g/mol. The molecule has 0 unspecified atom stereocenters. The molecule has 10 heteroatoms. The smallest absolute Gasteiger partial charge is 0.321 e. The highest BCUT2D eigenvalue weighted by Crippen LogP contribution is 2.24. The van der Waals surface area contributed by atoms with E-state index >= 15 is 0 Å². The van der Waals surface area contributed by atoms with Crippen molar-refractivity contribution in [2.45, 2.75) is 0 Å². The average Bonchev–Trinajstić information content (AvgIpc) is 3.13. The van der Waals surface area contributed by atoms with Gasteiger partial charge in [0.25, 0.3) is 5.91 Å². The van der Waals surface area contributed by atoms with Crippen LogP contribution in [0.3, 0.4) is 0 Å². The molecule has 3 amide bonds. The summed E-state index contributed by atoms with van der Waals surface area (Å²) in [4.78, 5) is 37.8. The number of hydrogen-bond acceptors (Lipinski definition) is 3. The summed E-state index contributed by atoms with van der Waals surface area (Å²) in [6.07, 6.45) is 0. The lowest BCUT2D eigenvalue weighted by molar-refractivity contribution is -0.133. The molecule has 0 aliphatic rings. The van der Waals surface area contributed by atoms with Gasteiger partial charge in [-0.05, 0) is 48.5 Å². The Hall–Kier alpha value is -4.05. The Morgan fingerprint density at radius 2 is 1.58 bits per heavy atom. The minimum absolute atomic E-state index is 0.0565. The van der Waals surface area contributed by atoms with Gasteiger partial charge in [0.2, 0.25) is 0 Å². The van der Waals surface area contributed by atoms with E-state index < -0.39 is 29.4 Å². The molecule has 1 heterocycles. The Morgan fingerprint density at radius 1 is 0.818 bits per heavy atom. The third-order valence-corrected chi connectivity index (χ3v) is 5.12. The van der Waals surface area contributed by atoms with E-state index in [1.54, 1.807) is 54.6 Å². The molecule has 166 valence electrons. The quantitative estimate of drug-likeness (QED) is 0.347. The summed E-state index contributed by atoms with van der Waals surface area (Å²) in [7, 11) is 0. The number of carbonyl (C=O) groups excluding carboxylic acids is 3. The summed E-state index contributed by atoms with van der Waals surface area (Å²) in [5, 5.41) is 5.42. The van der Waals surface area contributed by atoms with Gasteiger partial charge in [-0.3, -0.25) is 19.8 Å². The van der Waals surface area contributed by atoms with Gasteiger partial charge in [-0.25, -0.2) is 13.5 Å². The van der Waals surface area contributed by atoms with Gasteiger partial charge in [0.1, 0.15) is 17.3 Å². The van der Waals surface area contributed by atoms with Gasteiger partial charge in [-0.1, -0.05) is 34.1 Å². The minimum Gasteiger partial charge on any atom is -0.321 e. The van der Waals surface area contributed by atoms with E-state index in [2.05, 4.69) is 32.0 Å². The van der Waals surface area contributed by atoms with Gasteiger partial charge in [-0.15, -0.1) is 0 Å². The standard InChI is InChI=1S/C23H15BrF2N4O3/c24-14-6-9-19-13(10-14)11-20(21(31)27-16-4-2-1-3-5-16)30(19)29-23(33)22(32)28-18-8-7-15(25)12-17(18)26/h1-12H,(H,27,31)(H,28,32)(H,29,33). The molecule has 1 aromatic heterocycles. The fraction of sp³-hybridized carbons (Fsp3) is 0. The zero-order chi connectivity index (χ0) is 23.5. The van der Waals surface area contributed by atoms with Crippen molar-refractivity contribution in [2.24, 2.45) is 0 Å². The molecule has 3 aromatic carbocycles. The molecule has 0 saturated heterocycles. The summed E-state index contributed by atoms with van der Waals surface area (Å²) in [5.74, 6) is -4.75. The number of nitrogens with zero attached hydrogens (tertiary/aromatic N) is 1. The van der Waals surface area contributed by atoms with Gasteiger partial charge in [-0.2, -0.15) is 0 Å². The van der Waals surface area contributed by atoms with Crippen LogP contribution in [-0.2, 0) is 9.59 Å². The third kappa shape index (κ3) is 4.90. The average molecular weight is 513 g/mol. The summed E-state index contributed by atoms with van der Waals surface area (Å²) in [5.41, 5.74) is 3.05. The number of fused-ring (bicyclic) bond motifs is 1. The van der Waals surface area contributed by atoms with Crippen molar-refractivity contribution in [1.82, 2.24) is 4.68 Å². The molecule has 0 bridgehead atoms. The Kier molecular flexibility index (Phi) is 6.18. The van der Waals surface area contributed by atoms with Crippen molar-refractivity contribution >= 4 is 55.9 Å². The molecule has 0 spiro atoms.